The summed E-state index contributed by atoms with van der Waals surface area (Å²) in [7, 11) is 0. The molecular formula is C20H25N3O5. The summed E-state index contributed by atoms with van der Waals surface area (Å²) in [4.78, 5) is 49.7. The molecule has 1 heterocycles. The lowest BCUT2D eigenvalue weighted by atomic mass is 9.96. The Morgan fingerprint density at radius 3 is 2.54 bits per heavy atom. The third kappa shape index (κ3) is 4.16. The predicted molar refractivity (Wildman–Crippen MR) is 100.0 cm³/mol. The van der Waals surface area contributed by atoms with E-state index >= 15 is 0 Å². The van der Waals surface area contributed by atoms with E-state index in [4.69, 9.17) is 4.74 Å². The van der Waals surface area contributed by atoms with Gasteiger partial charge in [0.1, 0.15) is 12.1 Å². The minimum Gasteiger partial charge on any atom is -0.451 e. The van der Waals surface area contributed by atoms with Crippen LogP contribution in [0.1, 0.15) is 37.8 Å². The highest BCUT2D eigenvalue weighted by atomic mass is 16.5. The van der Waals surface area contributed by atoms with Gasteiger partial charge >= 0.3 is 12.0 Å². The normalized spacial score (nSPS) is 22.6. The fourth-order valence-corrected chi connectivity index (χ4v) is 3.25. The van der Waals surface area contributed by atoms with Crippen molar-refractivity contribution < 1.29 is 23.9 Å². The largest absolute Gasteiger partial charge is 0.451 e. The molecule has 150 valence electrons. The van der Waals surface area contributed by atoms with Crippen molar-refractivity contribution in [3.05, 3.63) is 35.4 Å². The fourth-order valence-electron chi connectivity index (χ4n) is 3.25. The lowest BCUT2D eigenvalue weighted by Gasteiger charge is -2.21. The maximum atomic E-state index is 12.5. The Bertz CT molecular complexity index is 803. The number of carbonyl (C=O) groups is 4. The van der Waals surface area contributed by atoms with Crippen LogP contribution in [0, 0.1) is 12.8 Å². The van der Waals surface area contributed by atoms with Gasteiger partial charge in [-0.2, -0.15) is 0 Å². The Balaban J connectivity index is 1.48. The second-order valence-corrected chi connectivity index (χ2v) is 7.63. The van der Waals surface area contributed by atoms with Gasteiger partial charge in [0.05, 0.1) is 0 Å². The lowest BCUT2D eigenvalue weighted by Crippen LogP contribution is -2.46. The maximum Gasteiger partial charge on any atom is 0.327 e. The average Bonchev–Trinajstić information content (AvgIpc) is 3.47. The smallest absolute Gasteiger partial charge is 0.327 e. The fraction of sp³-hybridized carbons (Fsp3) is 0.500. The van der Waals surface area contributed by atoms with Crippen molar-refractivity contribution in [2.24, 2.45) is 5.92 Å². The Morgan fingerprint density at radius 2 is 1.93 bits per heavy atom. The third-order valence-electron chi connectivity index (χ3n) is 5.25. The highest BCUT2D eigenvalue weighted by Crippen LogP contribution is 2.42. The molecule has 8 nitrogen and oxygen atoms in total. The quantitative estimate of drug-likeness (QED) is 0.541. The second kappa shape index (κ2) is 7.61. The van der Waals surface area contributed by atoms with Crippen molar-refractivity contribution in [1.82, 2.24) is 15.5 Å². The summed E-state index contributed by atoms with van der Waals surface area (Å²) in [5.41, 5.74) is 1.10. The molecule has 8 heteroatoms. The van der Waals surface area contributed by atoms with E-state index < -0.39 is 42.0 Å². The van der Waals surface area contributed by atoms with Crippen LogP contribution in [0.5, 0.6) is 0 Å². The maximum absolute atomic E-state index is 12.5. The molecule has 3 rings (SSSR count). The first-order valence-corrected chi connectivity index (χ1v) is 9.37. The molecule has 2 atom stereocenters. The molecule has 0 bridgehead atoms. The van der Waals surface area contributed by atoms with Gasteiger partial charge in [-0.1, -0.05) is 29.8 Å². The summed E-state index contributed by atoms with van der Waals surface area (Å²) in [5.74, 6) is -1.57. The third-order valence-corrected chi connectivity index (χ3v) is 5.25. The first kappa shape index (κ1) is 19.9. The monoisotopic (exact) mass is 387 g/mol. The highest BCUT2D eigenvalue weighted by molar-refractivity contribution is 6.08. The summed E-state index contributed by atoms with van der Waals surface area (Å²) < 4.78 is 5.10. The summed E-state index contributed by atoms with van der Waals surface area (Å²) in [6.07, 6.45) is 0.714. The van der Waals surface area contributed by atoms with Crippen LogP contribution in [0.15, 0.2) is 24.3 Å². The molecule has 2 aliphatic rings. The Morgan fingerprint density at radius 1 is 1.29 bits per heavy atom. The van der Waals surface area contributed by atoms with Gasteiger partial charge < -0.3 is 15.4 Å². The van der Waals surface area contributed by atoms with E-state index in [0.717, 1.165) is 28.9 Å². The molecule has 1 aliphatic heterocycles. The van der Waals surface area contributed by atoms with Crippen LogP contribution in [0.4, 0.5) is 4.79 Å². The van der Waals surface area contributed by atoms with Gasteiger partial charge in [0.15, 0.2) is 6.10 Å². The number of hydrogen-bond acceptors (Lipinski definition) is 5. The summed E-state index contributed by atoms with van der Waals surface area (Å²) in [6.45, 7) is 4.90. The van der Waals surface area contributed by atoms with E-state index in [0.29, 0.717) is 6.54 Å². The Kier molecular flexibility index (Phi) is 5.40. The minimum atomic E-state index is -1.03. The van der Waals surface area contributed by atoms with E-state index in [1.54, 1.807) is 6.92 Å². The molecule has 2 N–H and O–H groups in total. The molecule has 4 amide bonds. The van der Waals surface area contributed by atoms with E-state index in [9.17, 15) is 19.2 Å². The van der Waals surface area contributed by atoms with Crippen LogP contribution in [-0.2, 0) is 25.7 Å². The highest BCUT2D eigenvalue weighted by Gasteiger charge is 2.56. The number of nitrogens with zero attached hydrogens (tertiary/aromatic N) is 1. The zero-order chi connectivity index (χ0) is 20.5. The van der Waals surface area contributed by atoms with Gasteiger partial charge in [-0.15, -0.1) is 0 Å². The number of imide groups is 1. The van der Waals surface area contributed by atoms with E-state index in [1.807, 2.05) is 31.2 Å². The van der Waals surface area contributed by atoms with Crippen LogP contribution < -0.4 is 10.6 Å². The first-order valence-electron chi connectivity index (χ1n) is 9.37. The zero-order valence-corrected chi connectivity index (χ0v) is 16.3. The molecular weight excluding hydrogens is 362 g/mol. The molecule has 1 aromatic carbocycles. The Labute approximate surface area is 163 Å². The number of rotatable bonds is 7. The summed E-state index contributed by atoms with van der Waals surface area (Å²) in [5, 5.41) is 5.36. The number of benzene rings is 1. The number of urea groups is 1. The van der Waals surface area contributed by atoms with E-state index in [2.05, 4.69) is 10.6 Å². The van der Waals surface area contributed by atoms with E-state index in [-0.39, 0.29) is 5.92 Å². The van der Waals surface area contributed by atoms with Crippen LogP contribution in [0.25, 0.3) is 0 Å². The number of amides is 4. The predicted octanol–water partition coefficient (Wildman–Crippen LogP) is 1.26. The van der Waals surface area contributed by atoms with Gasteiger partial charge in [-0.05, 0) is 45.1 Å². The SMILES string of the molecule is Cc1ccc(CNC(=O)[C@@H](C)OC(=O)CN2C(=O)N[C@](C)(C3CC3)C2=O)cc1. The zero-order valence-electron chi connectivity index (χ0n) is 16.3. The van der Waals surface area contributed by atoms with Crippen molar-refractivity contribution in [3.63, 3.8) is 0 Å². The van der Waals surface area contributed by atoms with Gasteiger partial charge in [0.2, 0.25) is 0 Å². The van der Waals surface area contributed by atoms with E-state index in [1.165, 1.54) is 6.92 Å². The summed E-state index contributed by atoms with van der Waals surface area (Å²) >= 11 is 0. The minimum absolute atomic E-state index is 0.108. The van der Waals surface area contributed by atoms with Crippen molar-refractivity contribution >= 4 is 23.8 Å². The molecule has 1 aromatic rings. The van der Waals surface area contributed by atoms with Crippen molar-refractivity contribution in [2.75, 3.05) is 6.54 Å². The molecule has 28 heavy (non-hydrogen) atoms. The van der Waals surface area contributed by atoms with Gasteiger partial charge in [-0.3, -0.25) is 19.3 Å². The molecule has 2 fully saturated rings. The van der Waals surface area contributed by atoms with Crippen LogP contribution >= 0.6 is 0 Å². The van der Waals surface area contributed by atoms with Crippen molar-refractivity contribution in [1.29, 1.82) is 0 Å². The second-order valence-electron chi connectivity index (χ2n) is 7.63. The van der Waals surface area contributed by atoms with Gasteiger partial charge in [-0.25, -0.2) is 4.79 Å². The first-order chi connectivity index (χ1) is 13.2. The number of ether oxygens (including phenoxy) is 1. The van der Waals surface area contributed by atoms with Gasteiger partial charge in [0, 0.05) is 6.54 Å². The molecule has 0 aromatic heterocycles. The summed E-state index contributed by atoms with van der Waals surface area (Å²) in [6, 6.07) is 7.09. The molecule has 1 aliphatic carbocycles. The molecule has 1 saturated carbocycles. The van der Waals surface area contributed by atoms with Crippen molar-refractivity contribution in [2.45, 2.75) is 51.8 Å². The average molecular weight is 387 g/mol. The van der Waals surface area contributed by atoms with Crippen LogP contribution in [-0.4, -0.2) is 46.9 Å². The molecule has 0 spiro atoms. The van der Waals surface area contributed by atoms with Crippen LogP contribution in [0.2, 0.25) is 0 Å². The number of aryl methyl sites for hydroxylation is 1. The van der Waals surface area contributed by atoms with Crippen molar-refractivity contribution in [3.8, 4) is 0 Å². The van der Waals surface area contributed by atoms with Gasteiger partial charge in [0.25, 0.3) is 11.8 Å². The molecule has 0 radical (unpaired) electrons. The number of carbonyl (C=O) groups excluding carboxylic acids is 4. The molecule has 0 unspecified atom stereocenters. The number of esters is 1. The number of nitrogens with one attached hydrogen (secondary N) is 2. The van der Waals surface area contributed by atoms with Crippen LogP contribution in [0.3, 0.4) is 0 Å². The Hall–Kier alpha value is -2.90. The number of hydrogen-bond donors (Lipinski definition) is 2. The topological polar surface area (TPSA) is 105 Å². The molecule has 1 saturated heterocycles. The standard InChI is InChI=1S/C20H25N3O5/c1-12-4-6-14(7-5-12)10-21-17(25)13(2)28-16(24)11-23-18(26)20(3,15-8-9-15)22-19(23)27/h4-7,13,15H,8-11H2,1-3H3,(H,21,25)(H,22,27)/t13-,20-/m1/s1. The lowest BCUT2D eigenvalue weighted by molar-refractivity contribution is -0.156.